The highest BCUT2D eigenvalue weighted by molar-refractivity contribution is 5.83. The van der Waals surface area contributed by atoms with Crippen LogP contribution in [0.4, 0.5) is 17.5 Å². The number of H-pyrrole nitrogens is 1. The Balaban J connectivity index is 1.66. The first-order valence-corrected chi connectivity index (χ1v) is 9.21. The third-order valence-corrected chi connectivity index (χ3v) is 4.93. The van der Waals surface area contributed by atoms with E-state index in [0.29, 0.717) is 12.0 Å². The standard InChI is InChI=1S/C20H25N5/c1-3-5-16-13-19(25-11-4-6-14(25)2)24-20(22-16)23-17-8-7-15-9-10-21-18(15)12-17/h7-10,12-14,21H,3-6,11H2,1-2H3,(H,22,23,24). The second-order valence-corrected chi connectivity index (χ2v) is 6.88. The number of aromatic nitrogens is 3. The molecule has 0 saturated carbocycles. The Morgan fingerprint density at radius 1 is 1.24 bits per heavy atom. The number of hydrogen-bond acceptors (Lipinski definition) is 4. The Morgan fingerprint density at radius 3 is 2.96 bits per heavy atom. The van der Waals surface area contributed by atoms with Crippen molar-refractivity contribution in [2.24, 2.45) is 0 Å². The van der Waals surface area contributed by atoms with Gasteiger partial charge >= 0.3 is 0 Å². The number of aryl methyl sites for hydroxylation is 1. The molecule has 0 amide bonds. The highest BCUT2D eigenvalue weighted by atomic mass is 15.3. The summed E-state index contributed by atoms with van der Waals surface area (Å²) in [6, 6.07) is 11.1. The monoisotopic (exact) mass is 335 g/mol. The minimum atomic E-state index is 0.549. The Bertz CT molecular complexity index is 869. The van der Waals surface area contributed by atoms with E-state index in [1.165, 1.54) is 18.2 Å². The second kappa shape index (κ2) is 6.75. The lowest BCUT2D eigenvalue weighted by molar-refractivity contribution is 0.724. The van der Waals surface area contributed by atoms with Crippen molar-refractivity contribution in [1.29, 1.82) is 0 Å². The number of nitrogens with zero attached hydrogens (tertiary/aromatic N) is 3. The summed E-state index contributed by atoms with van der Waals surface area (Å²) in [6.45, 7) is 5.55. The maximum atomic E-state index is 4.80. The van der Waals surface area contributed by atoms with Gasteiger partial charge in [-0.3, -0.25) is 0 Å². The molecule has 3 aromatic rings. The lowest BCUT2D eigenvalue weighted by Crippen LogP contribution is -2.27. The van der Waals surface area contributed by atoms with Crippen LogP contribution in [0.15, 0.2) is 36.5 Å². The van der Waals surface area contributed by atoms with Crippen LogP contribution in [0.25, 0.3) is 10.9 Å². The molecule has 5 heteroatoms. The topological polar surface area (TPSA) is 56.8 Å². The van der Waals surface area contributed by atoms with E-state index in [2.05, 4.69) is 59.4 Å². The SMILES string of the molecule is CCCc1cc(N2CCCC2C)nc(Nc2ccc3cc[nH]c3c2)n1. The van der Waals surface area contributed by atoms with E-state index in [0.717, 1.165) is 42.1 Å². The van der Waals surface area contributed by atoms with Crippen LogP contribution < -0.4 is 10.2 Å². The fourth-order valence-electron chi connectivity index (χ4n) is 3.60. The molecule has 1 fully saturated rings. The summed E-state index contributed by atoms with van der Waals surface area (Å²) in [4.78, 5) is 15.2. The fourth-order valence-corrected chi connectivity index (χ4v) is 3.60. The number of hydrogen-bond donors (Lipinski definition) is 2. The molecule has 1 unspecified atom stereocenters. The maximum Gasteiger partial charge on any atom is 0.229 e. The van der Waals surface area contributed by atoms with E-state index >= 15 is 0 Å². The molecule has 1 atom stereocenters. The first kappa shape index (κ1) is 15.9. The Kier molecular flexibility index (Phi) is 4.30. The van der Waals surface area contributed by atoms with Gasteiger partial charge in [-0.1, -0.05) is 19.4 Å². The van der Waals surface area contributed by atoms with Gasteiger partial charge in [0.25, 0.3) is 0 Å². The molecule has 1 aliphatic heterocycles. The zero-order valence-corrected chi connectivity index (χ0v) is 14.9. The Labute approximate surface area is 148 Å². The molecule has 1 aliphatic rings. The van der Waals surface area contributed by atoms with Gasteiger partial charge in [0, 0.05) is 41.7 Å². The molecule has 3 heterocycles. The van der Waals surface area contributed by atoms with Crippen LogP contribution >= 0.6 is 0 Å². The van der Waals surface area contributed by atoms with E-state index in [-0.39, 0.29) is 0 Å². The third kappa shape index (κ3) is 3.31. The zero-order valence-electron chi connectivity index (χ0n) is 14.9. The average molecular weight is 335 g/mol. The summed E-state index contributed by atoms with van der Waals surface area (Å²) in [5, 5.41) is 4.60. The predicted octanol–water partition coefficient (Wildman–Crippen LogP) is 4.64. The van der Waals surface area contributed by atoms with Gasteiger partial charge in [-0.2, -0.15) is 4.98 Å². The lowest BCUT2D eigenvalue weighted by Gasteiger charge is -2.23. The van der Waals surface area contributed by atoms with Crippen LogP contribution in [0.2, 0.25) is 0 Å². The summed E-state index contributed by atoms with van der Waals surface area (Å²) < 4.78 is 0. The Hall–Kier alpha value is -2.56. The molecule has 130 valence electrons. The number of fused-ring (bicyclic) bond motifs is 1. The molecule has 2 aromatic heterocycles. The van der Waals surface area contributed by atoms with Crippen LogP contribution in [0.1, 0.15) is 38.8 Å². The van der Waals surface area contributed by atoms with Crippen LogP contribution in [0.3, 0.4) is 0 Å². The summed E-state index contributed by atoms with van der Waals surface area (Å²) in [6.07, 6.45) is 6.49. The number of benzene rings is 1. The number of anilines is 3. The molecule has 2 N–H and O–H groups in total. The summed E-state index contributed by atoms with van der Waals surface area (Å²) in [7, 11) is 0. The molecule has 0 aliphatic carbocycles. The van der Waals surface area contributed by atoms with Crippen molar-refractivity contribution in [1.82, 2.24) is 15.0 Å². The molecule has 5 nitrogen and oxygen atoms in total. The van der Waals surface area contributed by atoms with Crippen LogP contribution in [0.5, 0.6) is 0 Å². The van der Waals surface area contributed by atoms with E-state index in [9.17, 15) is 0 Å². The minimum Gasteiger partial charge on any atom is -0.361 e. The summed E-state index contributed by atoms with van der Waals surface area (Å²) >= 11 is 0. The lowest BCUT2D eigenvalue weighted by atomic mass is 10.2. The van der Waals surface area contributed by atoms with Crippen LogP contribution in [-0.2, 0) is 6.42 Å². The third-order valence-electron chi connectivity index (χ3n) is 4.93. The van der Waals surface area contributed by atoms with Crippen molar-refractivity contribution in [2.75, 3.05) is 16.8 Å². The first-order chi connectivity index (χ1) is 12.2. The zero-order chi connectivity index (χ0) is 17.2. The van der Waals surface area contributed by atoms with Crippen molar-refractivity contribution < 1.29 is 0 Å². The number of rotatable bonds is 5. The van der Waals surface area contributed by atoms with Gasteiger partial charge < -0.3 is 15.2 Å². The summed E-state index contributed by atoms with van der Waals surface area (Å²) in [5.74, 6) is 1.73. The van der Waals surface area contributed by atoms with E-state index in [4.69, 9.17) is 9.97 Å². The smallest absolute Gasteiger partial charge is 0.229 e. The van der Waals surface area contributed by atoms with Gasteiger partial charge in [-0.15, -0.1) is 0 Å². The molecule has 4 rings (SSSR count). The molecule has 1 aromatic carbocycles. The highest BCUT2D eigenvalue weighted by Crippen LogP contribution is 2.27. The first-order valence-electron chi connectivity index (χ1n) is 9.21. The molecule has 0 radical (unpaired) electrons. The van der Waals surface area contributed by atoms with Crippen LogP contribution in [-0.4, -0.2) is 27.5 Å². The van der Waals surface area contributed by atoms with Crippen molar-refractivity contribution in [3.63, 3.8) is 0 Å². The van der Waals surface area contributed by atoms with E-state index in [1.807, 2.05) is 6.20 Å². The van der Waals surface area contributed by atoms with Crippen LogP contribution in [0, 0.1) is 0 Å². The van der Waals surface area contributed by atoms with Gasteiger partial charge in [0.15, 0.2) is 0 Å². The average Bonchev–Trinajstić information content (AvgIpc) is 3.23. The molecule has 25 heavy (non-hydrogen) atoms. The maximum absolute atomic E-state index is 4.80. The van der Waals surface area contributed by atoms with Gasteiger partial charge in [0.2, 0.25) is 5.95 Å². The fraction of sp³-hybridized carbons (Fsp3) is 0.400. The van der Waals surface area contributed by atoms with Crippen molar-refractivity contribution >= 4 is 28.4 Å². The Morgan fingerprint density at radius 2 is 2.16 bits per heavy atom. The van der Waals surface area contributed by atoms with Crippen molar-refractivity contribution in [2.45, 2.75) is 45.6 Å². The predicted molar refractivity (Wildman–Crippen MR) is 104 cm³/mol. The van der Waals surface area contributed by atoms with Gasteiger partial charge in [-0.25, -0.2) is 4.98 Å². The molecule has 0 bridgehead atoms. The molecule has 1 saturated heterocycles. The minimum absolute atomic E-state index is 0.549. The summed E-state index contributed by atoms with van der Waals surface area (Å²) in [5.41, 5.74) is 3.22. The number of nitrogens with one attached hydrogen (secondary N) is 2. The van der Waals surface area contributed by atoms with E-state index < -0.39 is 0 Å². The second-order valence-electron chi connectivity index (χ2n) is 6.88. The normalized spacial score (nSPS) is 17.4. The van der Waals surface area contributed by atoms with Crippen molar-refractivity contribution in [3.8, 4) is 0 Å². The highest BCUT2D eigenvalue weighted by Gasteiger charge is 2.22. The van der Waals surface area contributed by atoms with E-state index in [1.54, 1.807) is 0 Å². The molecular formula is C20H25N5. The quantitative estimate of drug-likeness (QED) is 0.713. The van der Waals surface area contributed by atoms with Gasteiger partial charge in [0.05, 0.1) is 0 Å². The molecular weight excluding hydrogens is 310 g/mol. The van der Waals surface area contributed by atoms with Gasteiger partial charge in [0.1, 0.15) is 5.82 Å². The van der Waals surface area contributed by atoms with Gasteiger partial charge in [-0.05, 0) is 49.8 Å². The largest absolute Gasteiger partial charge is 0.361 e. The van der Waals surface area contributed by atoms with Crippen molar-refractivity contribution in [3.05, 3.63) is 42.2 Å². The number of aromatic amines is 1. The molecule has 0 spiro atoms.